The third-order valence-electron chi connectivity index (χ3n) is 4.97. The van der Waals surface area contributed by atoms with E-state index >= 15 is 0 Å². The summed E-state index contributed by atoms with van der Waals surface area (Å²) in [6.07, 6.45) is 1.24. The minimum absolute atomic E-state index is 0.0108. The van der Waals surface area contributed by atoms with Crippen molar-refractivity contribution < 1.29 is 14.5 Å². The molecule has 0 saturated carbocycles. The van der Waals surface area contributed by atoms with E-state index in [2.05, 4.69) is 0 Å². The predicted molar refractivity (Wildman–Crippen MR) is 94.9 cm³/mol. The van der Waals surface area contributed by atoms with Gasteiger partial charge < -0.3 is 9.80 Å². The van der Waals surface area contributed by atoms with Gasteiger partial charge in [-0.3, -0.25) is 19.7 Å². The van der Waals surface area contributed by atoms with E-state index in [1.54, 1.807) is 39.8 Å². The second kappa shape index (κ2) is 6.67. The van der Waals surface area contributed by atoms with Crippen LogP contribution in [0, 0.1) is 10.1 Å². The molecule has 2 aliphatic heterocycles. The van der Waals surface area contributed by atoms with Crippen molar-refractivity contribution in [3.05, 3.63) is 39.9 Å². The molecule has 134 valence electrons. The minimum atomic E-state index is -0.479. The zero-order valence-corrected chi connectivity index (χ0v) is 15.1. The molecule has 2 aliphatic rings. The van der Waals surface area contributed by atoms with Crippen molar-refractivity contribution in [1.29, 1.82) is 0 Å². The Morgan fingerprint density at radius 2 is 2.20 bits per heavy atom. The predicted octanol–water partition coefficient (Wildman–Crippen LogP) is 2.40. The van der Waals surface area contributed by atoms with Crippen molar-refractivity contribution in [3.8, 4) is 0 Å². The summed E-state index contributed by atoms with van der Waals surface area (Å²) in [6, 6.07) is 5.98. The lowest BCUT2D eigenvalue weighted by Gasteiger charge is -2.32. The van der Waals surface area contributed by atoms with Crippen LogP contribution in [0.2, 0.25) is 0 Å². The number of para-hydroxylation sites is 1. The summed E-state index contributed by atoms with van der Waals surface area (Å²) in [5.74, 6) is 0.466. The fourth-order valence-electron chi connectivity index (χ4n) is 3.59. The number of rotatable bonds is 5. The van der Waals surface area contributed by atoms with Gasteiger partial charge in [-0.25, -0.2) is 0 Å². The molecular weight excluding hydrogens is 342 g/mol. The topological polar surface area (TPSA) is 83.8 Å². The Bertz CT molecular complexity index is 726. The molecule has 1 aromatic carbocycles. The molecule has 0 bridgehead atoms. The molecule has 2 saturated heterocycles. The third kappa shape index (κ3) is 3.10. The first-order valence-electron chi connectivity index (χ1n) is 8.34. The Morgan fingerprint density at radius 3 is 2.88 bits per heavy atom. The smallest absolute Gasteiger partial charge is 0.274 e. The highest BCUT2D eigenvalue weighted by atomic mass is 32.2. The van der Waals surface area contributed by atoms with Gasteiger partial charge in [0, 0.05) is 30.3 Å². The Labute approximate surface area is 150 Å². The van der Waals surface area contributed by atoms with Gasteiger partial charge in [-0.05, 0) is 20.3 Å². The van der Waals surface area contributed by atoms with Crippen LogP contribution in [0.15, 0.2) is 24.3 Å². The molecular formula is C17H21N3O4S. The maximum absolute atomic E-state index is 13.0. The molecule has 2 heterocycles. The Balaban J connectivity index is 1.81. The largest absolute Gasteiger partial charge is 0.337 e. The first-order valence-corrected chi connectivity index (χ1v) is 9.33. The van der Waals surface area contributed by atoms with Crippen LogP contribution >= 0.6 is 11.8 Å². The second-order valence-electron chi connectivity index (χ2n) is 6.50. The van der Waals surface area contributed by atoms with Crippen molar-refractivity contribution in [2.45, 2.75) is 44.1 Å². The number of likely N-dealkylation sites (N-methyl/N-ethyl adjacent to an activating group) is 1. The van der Waals surface area contributed by atoms with Gasteiger partial charge >= 0.3 is 0 Å². The highest BCUT2D eigenvalue weighted by Gasteiger charge is 2.53. The summed E-state index contributed by atoms with van der Waals surface area (Å²) >= 11 is 1.65. The highest BCUT2D eigenvalue weighted by Crippen LogP contribution is 2.47. The van der Waals surface area contributed by atoms with Gasteiger partial charge in [0.25, 0.3) is 5.69 Å². The molecule has 25 heavy (non-hydrogen) atoms. The highest BCUT2D eigenvalue weighted by molar-refractivity contribution is 8.01. The minimum Gasteiger partial charge on any atom is -0.337 e. The summed E-state index contributed by atoms with van der Waals surface area (Å²) in [7, 11) is 0. The SMILES string of the molecule is CCN(Cc1ccccc1[N+](=O)[O-])C(=O)[C@@H]1CS[C@]2(C)CCC(=O)N12. The number of nitro benzene ring substituents is 1. The van der Waals surface area contributed by atoms with E-state index in [9.17, 15) is 19.7 Å². The lowest BCUT2D eigenvalue weighted by Crippen LogP contribution is -2.51. The van der Waals surface area contributed by atoms with Gasteiger partial charge in [-0.2, -0.15) is 0 Å². The van der Waals surface area contributed by atoms with Gasteiger partial charge in [0.1, 0.15) is 6.04 Å². The van der Waals surface area contributed by atoms with Gasteiger partial charge in [-0.15, -0.1) is 11.8 Å². The molecule has 0 N–H and O–H groups in total. The molecule has 7 nitrogen and oxygen atoms in total. The van der Waals surface area contributed by atoms with Crippen molar-refractivity contribution in [2.75, 3.05) is 12.3 Å². The first kappa shape index (κ1) is 17.7. The number of carbonyl (C=O) groups excluding carboxylic acids is 2. The number of hydrogen-bond acceptors (Lipinski definition) is 5. The Morgan fingerprint density at radius 1 is 1.48 bits per heavy atom. The third-order valence-corrected chi connectivity index (χ3v) is 6.48. The summed E-state index contributed by atoms with van der Waals surface area (Å²) in [5.41, 5.74) is 0.514. The molecule has 2 atom stereocenters. The quantitative estimate of drug-likeness (QED) is 0.592. The van der Waals surface area contributed by atoms with E-state index in [1.165, 1.54) is 6.07 Å². The average molecular weight is 363 g/mol. The normalized spacial score (nSPS) is 25.1. The molecule has 0 spiro atoms. The van der Waals surface area contributed by atoms with Crippen molar-refractivity contribution in [1.82, 2.24) is 9.80 Å². The first-order chi connectivity index (χ1) is 11.9. The monoisotopic (exact) mass is 363 g/mol. The molecule has 0 radical (unpaired) electrons. The van der Waals surface area contributed by atoms with Crippen LogP contribution in [-0.2, 0) is 16.1 Å². The molecule has 1 aromatic rings. The van der Waals surface area contributed by atoms with E-state index in [-0.39, 0.29) is 28.9 Å². The number of benzene rings is 1. The number of nitro groups is 1. The van der Waals surface area contributed by atoms with Crippen LogP contribution in [-0.4, -0.2) is 49.7 Å². The lowest BCUT2D eigenvalue weighted by atomic mass is 10.1. The fourth-order valence-corrected chi connectivity index (χ4v) is 5.01. The van der Waals surface area contributed by atoms with E-state index in [0.29, 0.717) is 24.3 Å². The Hall–Kier alpha value is -2.09. The van der Waals surface area contributed by atoms with Crippen LogP contribution in [0.3, 0.4) is 0 Å². The molecule has 0 unspecified atom stereocenters. The maximum Gasteiger partial charge on any atom is 0.274 e. The van der Waals surface area contributed by atoms with Crippen LogP contribution in [0.1, 0.15) is 32.3 Å². The summed E-state index contributed by atoms with van der Waals surface area (Å²) in [5, 5.41) is 11.2. The van der Waals surface area contributed by atoms with Crippen LogP contribution in [0.4, 0.5) is 5.69 Å². The lowest BCUT2D eigenvalue weighted by molar-refractivity contribution is -0.385. The zero-order chi connectivity index (χ0) is 18.2. The maximum atomic E-state index is 13.0. The summed E-state index contributed by atoms with van der Waals surface area (Å²) < 4.78 is 0. The fraction of sp³-hybridized carbons (Fsp3) is 0.529. The van der Waals surface area contributed by atoms with E-state index in [4.69, 9.17) is 0 Å². The van der Waals surface area contributed by atoms with E-state index in [0.717, 1.165) is 6.42 Å². The van der Waals surface area contributed by atoms with Crippen molar-refractivity contribution in [2.24, 2.45) is 0 Å². The van der Waals surface area contributed by atoms with Gasteiger partial charge in [0.05, 0.1) is 16.3 Å². The molecule has 0 aromatic heterocycles. The zero-order valence-electron chi connectivity index (χ0n) is 14.3. The van der Waals surface area contributed by atoms with Gasteiger partial charge in [-0.1, -0.05) is 18.2 Å². The molecule has 2 fully saturated rings. The molecule has 3 rings (SSSR count). The standard InChI is InChI=1S/C17H21N3O4S/c1-3-18(10-12-6-4-5-7-13(12)20(23)24)16(22)14-11-25-17(2)9-8-15(21)19(14)17/h4-7,14H,3,8-11H2,1-2H3/t14-,17+/m0/s1. The van der Waals surface area contributed by atoms with E-state index in [1.807, 2.05) is 13.8 Å². The number of carbonyl (C=O) groups is 2. The second-order valence-corrected chi connectivity index (χ2v) is 8.01. The number of hydrogen-bond donors (Lipinski definition) is 0. The van der Waals surface area contributed by atoms with E-state index < -0.39 is 11.0 Å². The van der Waals surface area contributed by atoms with Crippen molar-refractivity contribution in [3.63, 3.8) is 0 Å². The average Bonchev–Trinajstić information content (AvgIpc) is 3.08. The molecule has 8 heteroatoms. The number of fused-ring (bicyclic) bond motifs is 1. The number of nitrogens with zero attached hydrogens (tertiary/aromatic N) is 3. The van der Waals surface area contributed by atoms with Crippen LogP contribution in [0.25, 0.3) is 0 Å². The van der Waals surface area contributed by atoms with Crippen LogP contribution < -0.4 is 0 Å². The molecule has 2 amide bonds. The van der Waals surface area contributed by atoms with Gasteiger partial charge in [0.2, 0.25) is 11.8 Å². The van der Waals surface area contributed by atoms with Crippen molar-refractivity contribution >= 4 is 29.3 Å². The Kier molecular flexibility index (Phi) is 4.73. The summed E-state index contributed by atoms with van der Waals surface area (Å²) in [6.45, 7) is 4.46. The van der Waals surface area contributed by atoms with Crippen LogP contribution in [0.5, 0.6) is 0 Å². The number of amides is 2. The molecule has 0 aliphatic carbocycles. The number of thioether (sulfide) groups is 1. The summed E-state index contributed by atoms with van der Waals surface area (Å²) in [4.78, 5) is 39.1. The van der Waals surface area contributed by atoms with Gasteiger partial charge in [0.15, 0.2) is 0 Å².